The Morgan fingerprint density at radius 1 is 0.867 bits per heavy atom. The van der Waals surface area contributed by atoms with Gasteiger partial charge in [-0.2, -0.15) is 13.2 Å². The van der Waals surface area contributed by atoms with E-state index in [1.165, 1.54) is 12.1 Å². The molecule has 3 aromatic rings. The lowest BCUT2D eigenvalue weighted by molar-refractivity contribution is -0.137. The molecule has 0 radical (unpaired) electrons. The lowest BCUT2D eigenvalue weighted by atomic mass is 10.1. The van der Waals surface area contributed by atoms with Gasteiger partial charge in [0.05, 0.1) is 11.3 Å². The van der Waals surface area contributed by atoms with Gasteiger partial charge in [0.2, 0.25) is 8.32 Å². The minimum Gasteiger partial charge on any atom is -0.543 e. The zero-order valence-corrected chi connectivity index (χ0v) is 18.7. The normalized spacial score (nSPS) is 12.7. The van der Waals surface area contributed by atoms with Gasteiger partial charge in [-0.25, -0.2) is 9.97 Å². The number of halogens is 3. The van der Waals surface area contributed by atoms with Gasteiger partial charge in [-0.05, 0) is 48.5 Å². The fourth-order valence-electron chi connectivity index (χ4n) is 2.63. The fourth-order valence-corrected chi connectivity index (χ4v) is 3.66. The first kappa shape index (κ1) is 22.0. The van der Waals surface area contributed by atoms with Crippen molar-refractivity contribution in [2.24, 2.45) is 0 Å². The highest BCUT2D eigenvalue weighted by atomic mass is 28.4. The predicted octanol–water partition coefficient (Wildman–Crippen LogP) is 7.21. The van der Waals surface area contributed by atoms with Crippen molar-refractivity contribution in [2.45, 2.75) is 45.1 Å². The maximum absolute atomic E-state index is 12.8. The molecule has 30 heavy (non-hydrogen) atoms. The molecule has 0 unspecified atom stereocenters. The second-order valence-corrected chi connectivity index (χ2v) is 13.5. The maximum Gasteiger partial charge on any atom is 0.416 e. The van der Waals surface area contributed by atoms with E-state index in [0.717, 1.165) is 23.4 Å². The van der Waals surface area contributed by atoms with Gasteiger partial charge in [-0.1, -0.05) is 45.0 Å². The van der Waals surface area contributed by atoms with E-state index in [4.69, 9.17) is 4.43 Å². The summed E-state index contributed by atoms with van der Waals surface area (Å²) in [5.41, 5.74) is 1.26. The molecule has 0 saturated heterocycles. The monoisotopic (exact) mass is 430 g/mol. The largest absolute Gasteiger partial charge is 0.543 e. The zero-order valence-electron chi connectivity index (χ0n) is 17.7. The Morgan fingerprint density at radius 3 is 2.13 bits per heavy atom. The minimum absolute atomic E-state index is 0.0714. The summed E-state index contributed by atoms with van der Waals surface area (Å²) < 4.78 is 44.8. The van der Waals surface area contributed by atoms with Crippen molar-refractivity contribution in [1.29, 1.82) is 0 Å². The smallest absolute Gasteiger partial charge is 0.416 e. The lowest BCUT2D eigenvalue weighted by Gasteiger charge is -2.36. The van der Waals surface area contributed by atoms with E-state index >= 15 is 0 Å². The van der Waals surface area contributed by atoms with Crippen LogP contribution in [0, 0.1) is 0 Å². The van der Waals surface area contributed by atoms with Crippen LogP contribution in [0.4, 0.5) is 13.2 Å². The summed E-state index contributed by atoms with van der Waals surface area (Å²) >= 11 is 0. The number of rotatable bonds is 4. The molecule has 0 saturated carbocycles. The van der Waals surface area contributed by atoms with Gasteiger partial charge in [0.15, 0.2) is 5.82 Å². The highest BCUT2D eigenvalue weighted by Gasteiger charge is 2.39. The van der Waals surface area contributed by atoms with Crippen LogP contribution < -0.4 is 4.43 Å². The third kappa shape index (κ3) is 4.90. The van der Waals surface area contributed by atoms with Crippen LogP contribution in [0.15, 0.2) is 60.8 Å². The first-order valence-electron chi connectivity index (χ1n) is 9.67. The Labute approximate surface area is 176 Å². The molecular formula is C23H25F3N2OSi. The maximum atomic E-state index is 12.8. The van der Waals surface area contributed by atoms with Crippen LogP contribution in [-0.4, -0.2) is 18.3 Å². The number of hydrogen-bond donors (Lipinski definition) is 0. The van der Waals surface area contributed by atoms with Crippen LogP contribution in [-0.2, 0) is 6.18 Å². The third-order valence-corrected chi connectivity index (χ3v) is 9.79. The van der Waals surface area contributed by atoms with E-state index in [0.29, 0.717) is 17.1 Å². The molecular weight excluding hydrogens is 405 g/mol. The summed E-state index contributed by atoms with van der Waals surface area (Å²) in [6.07, 6.45) is -2.75. The quantitative estimate of drug-likeness (QED) is 0.410. The molecule has 2 aromatic carbocycles. The molecule has 0 fully saturated rings. The van der Waals surface area contributed by atoms with Crippen LogP contribution in [0.25, 0.3) is 22.6 Å². The van der Waals surface area contributed by atoms with Crippen LogP contribution in [0.5, 0.6) is 5.75 Å². The highest BCUT2D eigenvalue weighted by Crippen LogP contribution is 2.38. The van der Waals surface area contributed by atoms with E-state index in [-0.39, 0.29) is 5.04 Å². The summed E-state index contributed by atoms with van der Waals surface area (Å²) in [5.74, 6) is 1.26. The van der Waals surface area contributed by atoms with Gasteiger partial charge in [-0.3, -0.25) is 0 Å². The Bertz CT molecular complexity index is 1030. The summed E-state index contributed by atoms with van der Waals surface area (Å²) in [4.78, 5) is 8.90. The molecule has 0 aliphatic heterocycles. The zero-order chi connectivity index (χ0) is 22.2. The van der Waals surface area contributed by atoms with Crippen molar-refractivity contribution in [3.8, 4) is 28.4 Å². The molecule has 1 heterocycles. The van der Waals surface area contributed by atoms with Crippen molar-refractivity contribution < 1.29 is 17.6 Å². The molecule has 1 aromatic heterocycles. The summed E-state index contributed by atoms with van der Waals surface area (Å²) in [5, 5.41) is 0.0714. The number of alkyl halides is 3. The van der Waals surface area contributed by atoms with E-state index in [9.17, 15) is 13.2 Å². The van der Waals surface area contributed by atoms with Gasteiger partial charge >= 0.3 is 6.18 Å². The van der Waals surface area contributed by atoms with Crippen LogP contribution in [0.1, 0.15) is 26.3 Å². The minimum atomic E-state index is -4.36. The molecule has 0 spiro atoms. The number of hydrogen-bond acceptors (Lipinski definition) is 3. The molecule has 3 nitrogen and oxygen atoms in total. The van der Waals surface area contributed by atoms with E-state index in [2.05, 4.69) is 43.8 Å². The molecule has 158 valence electrons. The van der Waals surface area contributed by atoms with Crippen molar-refractivity contribution >= 4 is 8.32 Å². The van der Waals surface area contributed by atoms with Crippen molar-refractivity contribution in [2.75, 3.05) is 0 Å². The Kier molecular flexibility index (Phi) is 5.78. The Balaban J connectivity index is 1.90. The lowest BCUT2D eigenvalue weighted by Crippen LogP contribution is -2.43. The summed E-state index contributed by atoms with van der Waals surface area (Å²) in [6.45, 7) is 10.9. The fraction of sp³-hybridized carbons (Fsp3) is 0.304. The Morgan fingerprint density at radius 2 is 1.53 bits per heavy atom. The topological polar surface area (TPSA) is 35.0 Å². The van der Waals surface area contributed by atoms with E-state index in [1.807, 2.05) is 24.3 Å². The van der Waals surface area contributed by atoms with Crippen LogP contribution in [0.2, 0.25) is 18.1 Å². The molecule has 0 amide bonds. The SMILES string of the molecule is CC(C)(C)[Si](C)(C)Oc1cccc(-c2nccc(-c3ccc(C(F)(F)F)cc3)n2)c1. The first-order valence-corrected chi connectivity index (χ1v) is 12.6. The molecule has 3 rings (SSSR count). The summed E-state index contributed by atoms with van der Waals surface area (Å²) in [6, 6.07) is 14.3. The molecule has 0 atom stereocenters. The van der Waals surface area contributed by atoms with Crippen molar-refractivity contribution in [3.05, 3.63) is 66.4 Å². The van der Waals surface area contributed by atoms with Crippen molar-refractivity contribution in [1.82, 2.24) is 9.97 Å². The van der Waals surface area contributed by atoms with Crippen molar-refractivity contribution in [3.63, 3.8) is 0 Å². The number of benzene rings is 2. The van der Waals surface area contributed by atoms with Crippen LogP contribution in [0.3, 0.4) is 0 Å². The van der Waals surface area contributed by atoms with Gasteiger partial charge in [-0.15, -0.1) is 0 Å². The van der Waals surface area contributed by atoms with Gasteiger partial charge in [0.1, 0.15) is 5.75 Å². The second-order valence-electron chi connectivity index (χ2n) is 8.73. The van der Waals surface area contributed by atoms with Gasteiger partial charge in [0, 0.05) is 17.3 Å². The first-order chi connectivity index (χ1) is 13.9. The molecule has 0 bridgehead atoms. The predicted molar refractivity (Wildman–Crippen MR) is 116 cm³/mol. The summed E-state index contributed by atoms with van der Waals surface area (Å²) in [7, 11) is -1.99. The van der Waals surface area contributed by atoms with Gasteiger partial charge in [0.25, 0.3) is 0 Å². The van der Waals surface area contributed by atoms with E-state index in [1.54, 1.807) is 12.3 Å². The Hall–Kier alpha value is -2.67. The third-order valence-electron chi connectivity index (χ3n) is 5.43. The number of aromatic nitrogens is 2. The number of nitrogens with zero attached hydrogens (tertiary/aromatic N) is 2. The van der Waals surface area contributed by atoms with Gasteiger partial charge < -0.3 is 4.43 Å². The average molecular weight is 431 g/mol. The second kappa shape index (κ2) is 7.87. The standard InChI is InChI=1S/C23H25F3N2OSi/c1-22(2,3)30(4,5)29-19-8-6-7-17(15-19)21-27-14-13-20(28-21)16-9-11-18(12-10-16)23(24,25)26/h6-15H,1-5H3. The average Bonchev–Trinajstić information content (AvgIpc) is 2.66. The molecule has 0 N–H and O–H groups in total. The molecule has 0 aliphatic rings. The molecule has 0 aliphatic carbocycles. The van der Waals surface area contributed by atoms with E-state index < -0.39 is 20.1 Å². The molecule has 7 heteroatoms. The highest BCUT2D eigenvalue weighted by molar-refractivity contribution is 6.74. The van der Waals surface area contributed by atoms with Crippen LogP contribution >= 0.6 is 0 Å².